The van der Waals surface area contributed by atoms with Gasteiger partial charge in [0.25, 0.3) is 0 Å². The molecule has 0 radical (unpaired) electrons. The third kappa shape index (κ3) is 2.13. The predicted molar refractivity (Wildman–Crippen MR) is 57.9 cm³/mol. The van der Waals surface area contributed by atoms with Crippen molar-refractivity contribution in [1.29, 1.82) is 0 Å². The molecule has 1 aromatic heterocycles. The van der Waals surface area contributed by atoms with E-state index in [0.29, 0.717) is 6.04 Å². The number of nitrogens with one attached hydrogen (secondary N) is 1. The summed E-state index contributed by atoms with van der Waals surface area (Å²) in [6.45, 7) is 0.861. The van der Waals surface area contributed by atoms with Crippen molar-refractivity contribution in [3.8, 4) is 0 Å². The Balaban J connectivity index is 1.83. The van der Waals surface area contributed by atoms with Crippen LogP contribution in [0.3, 0.4) is 0 Å². The molecule has 1 aliphatic rings. The number of aliphatic hydroxyl groups is 1. The van der Waals surface area contributed by atoms with Crippen molar-refractivity contribution in [1.82, 2.24) is 5.32 Å². The van der Waals surface area contributed by atoms with E-state index in [1.54, 1.807) is 11.3 Å². The summed E-state index contributed by atoms with van der Waals surface area (Å²) in [6.07, 6.45) is 1.92. The van der Waals surface area contributed by atoms with Crippen LogP contribution in [0.25, 0.3) is 0 Å². The van der Waals surface area contributed by atoms with E-state index in [0.717, 1.165) is 19.4 Å². The molecular weight excluding hydrogens is 250 g/mol. The van der Waals surface area contributed by atoms with Gasteiger partial charge < -0.3 is 10.4 Å². The molecule has 72 valence electrons. The SMILES string of the molecule is O[C@@H]1CC[C@H]1NCc1sccc1Br. The van der Waals surface area contributed by atoms with Gasteiger partial charge in [0.15, 0.2) is 0 Å². The predicted octanol–water partition coefficient (Wildman–Crippen LogP) is 2.12. The van der Waals surface area contributed by atoms with Crippen LogP contribution in [0.1, 0.15) is 17.7 Å². The lowest BCUT2D eigenvalue weighted by molar-refractivity contribution is 0.0494. The van der Waals surface area contributed by atoms with E-state index in [2.05, 4.69) is 32.7 Å². The van der Waals surface area contributed by atoms with E-state index >= 15 is 0 Å². The van der Waals surface area contributed by atoms with Crippen molar-refractivity contribution in [2.45, 2.75) is 31.5 Å². The van der Waals surface area contributed by atoms with Gasteiger partial charge in [0, 0.05) is 21.9 Å². The van der Waals surface area contributed by atoms with Crippen LogP contribution in [-0.4, -0.2) is 17.3 Å². The maximum absolute atomic E-state index is 9.33. The second-order valence-corrected chi connectivity index (χ2v) is 5.18. The smallest absolute Gasteiger partial charge is 0.0693 e. The largest absolute Gasteiger partial charge is 0.392 e. The minimum absolute atomic E-state index is 0.126. The third-order valence-electron chi connectivity index (χ3n) is 2.45. The first kappa shape index (κ1) is 9.65. The highest BCUT2D eigenvalue weighted by atomic mass is 79.9. The van der Waals surface area contributed by atoms with Crippen molar-refractivity contribution in [2.75, 3.05) is 0 Å². The summed E-state index contributed by atoms with van der Waals surface area (Å²) in [7, 11) is 0. The first-order chi connectivity index (χ1) is 6.27. The van der Waals surface area contributed by atoms with E-state index in [1.165, 1.54) is 9.35 Å². The number of aliphatic hydroxyl groups excluding tert-OH is 1. The lowest BCUT2D eigenvalue weighted by atomic mass is 9.89. The van der Waals surface area contributed by atoms with E-state index in [9.17, 15) is 5.11 Å². The average molecular weight is 262 g/mol. The van der Waals surface area contributed by atoms with Gasteiger partial charge in [-0.05, 0) is 40.2 Å². The van der Waals surface area contributed by atoms with E-state index < -0.39 is 0 Å². The van der Waals surface area contributed by atoms with Gasteiger partial charge in [0.1, 0.15) is 0 Å². The molecule has 0 aliphatic heterocycles. The number of hydrogen-bond donors (Lipinski definition) is 2. The molecule has 1 heterocycles. The van der Waals surface area contributed by atoms with Gasteiger partial charge in [-0.25, -0.2) is 0 Å². The van der Waals surface area contributed by atoms with E-state index in [-0.39, 0.29) is 6.10 Å². The fourth-order valence-electron chi connectivity index (χ4n) is 1.40. The van der Waals surface area contributed by atoms with Crippen LogP contribution in [-0.2, 0) is 6.54 Å². The van der Waals surface area contributed by atoms with E-state index in [4.69, 9.17) is 0 Å². The summed E-state index contributed by atoms with van der Waals surface area (Å²) >= 11 is 5.22. The van der Waals surface area contributed by atoms with Gasteiger partial charge in [0.2, 0.25) is 0 Å². The molecule has 1 aliphatic carbocycles. The molecule has 0 bridgehead atoms. The molecule has 0 saturated heterocycles. The van der Waals surface area contributed by atoms with Gasteiger partial charge in [-0.3, -0.25) is 0 Å². The minimum Gasteiger partial charge on any atom is -0.392 e. The zero-order chi connectivity index (χ0) is 9.26. The summed E-state index contributed by atoms with van der Waals surface area (Å²) in [5, 5.41) is 14.7. The summed E-state index contributed by atoms with van der Waals surface area (Å²) < 4.78 is 1.17. The molecule has 1 aromatic rings. The molecule has 2 atom stereocenters. The molecule has 13 heavy (non-hydrogen) atoms. The highest BCUT2D eigenvalue weighted by Gasteiger charge is 2.27. The molecule has 2 N–H and O–H groups in total. The molecule has 4 heteroatoms. The van der Waals surface area contributed by atoms with Crippen molar-refractivity contribution in [3.05, 3.63) is 20.8 Å². The first-order valence-corrected chi connectivity index (χ1v) is 6.08. The molecular formula is C9H12BrNOS. The molecule has 0 unspecified atom stereocenters. The molecule has 0 spiro atoms. The quantitative estimate of drug-likeness (QED) is 0.874. The summed E-state index contributed by atoms with van der Waals surface area (Å²) in [4.78, 5) is 1.30. The van der Waals surface area contributed by atoms with Crippen molar-refractivity contribution < 1.29 is 5.11 Å². The monoisotopic (exact) mass is 261 g/mol. The van der Waals surface area contributed by atoms with Gasteiger partial charge in [-0.15, -0.1) is 11.3 Å². The van der Waals surface area contributed by atoms with Crippen LogP contribution in [0.5, 0.6) is 0 Å². The van der Waals surface area contributed by atoms with Crippen molar-refractivity contribution in [3.63, 3.8) is 0 Å². The Kier molecular flexibility index (Phi) is 3.03. The standard InChI is InChI=1S/C9H12BrNOS/c10-6-3-4-13-9(6)5-11-7-1-2-8(7)12/h3-4,7-8,11-12H,1-2,5H2/t7-,8-/m1/s1. The minimum atomic E-state index is -0.126. The normalized spacial score (nSPS) is 27.2. The molecule has 0 amide bonds. The van der Waals surface area contributed by atoms with Crippen LogP contribution >= 0.6 is 27.3 Å². The molecule has 0 aromatic carbocycles. The lowest BCUT2D eigenvalue weighted by Gasteiger charge is -2.33. The zero-order valence-electron chi connectivity index (χ0n) is 7.16. The fourth-order valence-corrected chi connectivity index (χ4v) is 2.84. The Morgan fingerprint density at radius 1 is 1.62 bits per heavy atom. The van der Waals surface area contributed by atoms with Gasteiger partial charge in [-0.2, -0.15) is 0 Å². The zero-order valence-corrected chi connectivity index (χ0v) is 9.57. The Morgan fingerprint density at radius 3 is 2.92 bits per heavy atom. The van der Waals surface area contributed by atoms with E-state index in [1.807, 2.05) is 0 Å². The topological polar surface area (TPSA) is 32.3 Å². The Morgan fingerprint density at radius 2 is 2.46 bits per heavy atom. The molecule has 2 rings (SSSR count). The lowest BCUT2D eigenvalue weighted by Crippen LogP contribution is -2.47. The average Bonchev–Trinajstić information content (AvgIpc) is 2.50. The maximum atomic E-state index is 9.33. The van der Waals surface area contributed by atoms with Gasteiger partial charge in [0.05, 0.1) is 6.10 Å². The van der Waals surface area contributed by atoms with Crippen molar-refractivity contribution in [2.24, 2.45) is 0 Å². The van der Waals surface area contributed by atoms with Crippen LogP contribution in [0.15, 0.2) is 15.9 Å². The third-order valence-corrected chi connectivity index (χ3v) is 4.38. The number of halogens is 1. The molecule has 1 saturated carbocycles. The van der Waals surface area contributed by atoms with Crippen molar-refractivity contribution >= 4 is 27.3 Å². The highest BCUT2D eigenvalue weighted by Crippen LogP contribution is 2.24. The number of rotatable bonds is 3. The van der Waals surface area contributed by atoms with Crippen LogP contribution < -0.4 is 5.32 Å². The van der Waals surface area contributed by atoms with Gasteiger partial charge >= 0.3 is 0 Å². The second kappa shape index (κ2) is 4.09. The summed E-state index contributed by atoms with van der Waals surface area (Å²) in [6, 6.07) is 2.37. The summed E-state index contributed by atoms with van der Waals surface area (Å²) in [5.74, 6) is 0. The molecule has 1 fully saturated rings. The first-order valence-electron chi connectivity index (χ1n) is 4.40. The van der Waals surface area contributed by atoms with Crippen LogP contribution in [0, 0.1) is 0 Å². The summed E-state index contributed by atoms with van der Waals surface area (Å²) in [5.41, 5.74) is 0. The van der Waals surface area contributed by atoms with Crippen LogP contribution in [0.4, 0.5) is 0 Å². The fraction of sp³-hybridized carbons (Fsp3) is 0.556. The highest BCUT2D eigenvalue weighted by molar-refractivity contribution is 9.10. The Bertz CT molecular complexity index is 289. The Hall–Kier alpha value is 0.100. The van der Waals surface area contributed by atoms with Crippen LogP contribution in [0.2, 0.25) is 0 Å². The number of thiophene rings is 1. The maximum Gasteiger partial charge on any atom is 0.0693 e. The number of hydrogen-bond acceptors (Lipinski definition) is 3. The van der Waals surface area contributed by atoms with Gasteiger partial charge in [-0.1, -0.05) is 0 Å². The molecule has 2 nitrogen and oxygen atoms in total. The second-order valence-electron chi connectivity index (χ2n) is 3.32. The Labute approximate surface area is 90.1 Å².